The largest absolute Gasteiger partial charge is 0.858 e. The molecule has 0 radical (unpaired) electrons. The zero-order valence-electron chi connectivity index (χ0n) is 23.1. The highest BCUT2D eigenvalue weighted by Gasteiger charge is 2.61. The lowest BCUT2D eigenvalue weighted by Gasteiger charge is -2.37. The van der Waals surface area contributed by atoms with Crippen molar-refractivity contribution in [2.75, 3.05) is 20.8 Å². The average molecular weight is 624 g/mol. The van der Waals surface area contributed by atoms with Gasteiger partial charge in [0.25, 0.3) is 7.15 Å². The zero-order chi connectivity index (χ0) is 30.2. The monoisotopic (exact) mass is 623 g/mol. The molecule has 2 aliphatic rings. The molecule has 0 amide bonds. The molecule has 13 heteroatoms. The predicted molar refractivity (Wildman–Crippen MR) is 156 cm³/mol. The standard InChI is InChI=1S/C30H29N2O9PS/c1-36-22-12-8-20(9-13-22)30(19-6-4-3-5-7-19,21-10-14-23(37-2)15-11-21)38-18-24-26-27(41-42(35,43)40-26)28(39-24)32-17-16-25(33)31-29(32)34/h3-17,24,26-28H,18H2,1-2H3,(H,35,43)(H,31,33,34)/p-1/t24-,26-,27-,28-,42?/m1/s1. The molecule has 5 atom stereocenters. The maximum absolute atomic E-state index is 12.6. The van der Waals surface area contributed by atoms with Gasteiger partial charge >= 0.3 is 5.69 Å². The van der Waals surface area contributed by atoms with Gasteiger partial charge in [0.15, 0.2) is 18.4 Å². The number of hydrogen-bond donors (Lipinski definition) is 1. The molecule has 11 nitrogen and oxygen atoms in total. The molecular formula is C30H28N2O9PS-. The van der Waals surface area contributed by atoms with E-state index in [-0.39, 0.29) is 6.61 Å². The lowest BCUT2D eigenvalue weighted by atomic mass is 9.80. The van der Waals surface area contributed by atoms with Crippen molar-refractivity contribution in [1.29, 1.82) is 0 Å². The molecule has 2 saturated heterocycles. The maximum atomic E-state index is 12.6. The van der Waals surface area contributed by atoms with Gasteiger partial charge in [0.1, 0.15) is 23.2 Å². The van der Waals surface area contributed by atoms with Crippen LogP contribution in [-0.4, -0.2) is 53.6 Å². The second kappa shape index (κ2) is 11.9. The van der Waals surface area contributed by atoms with E-state index in [1.54, 1.807) is 14.2 Å². The van der Waals surface area contributed by atoms with Crippen LogP contribution in [0.3, 0.4) is 0 Å². The van der Waals surface area contributed by atoms with E-state index in [2.05, 4.69) is 4.98 Å². The van der Waals surface area contributed by atoms with Crippen molar-refractivity contribution in [3.05, 3.63) is 118 Å². The van der Waals surface area contributed by atoms with Gasteiger partial charge in [0.05, 0.1) is 20.8 Å². The van der Waals surface area contributed by atoms with Crippen LogP contribution < -0.4 is 20.3 Å². The Hall–Kier alpha value is -3.48. The van der Waals surface area contributed by atoms with Gasteiger partial charge in [0.2, 0.25) is 0 Å². The van der Waals surface area contributed by atoms with E-state index in [1.165, 1.54) is 6.20 Å². The molecule has 1 aromatic heterocycles. The highest BCUT2D eigenvalue weighted by atomic mass is 32.7. The summed E-state index contributed by atoms with van der Waals surface area (Å²) in [6, 6.07) is 26.0. The van der Waals surface area contributed by atoms with Crippen molar-refractivity contribution in [2.45, 2.75) is 30.1 Å². The number of rotatable bonds is 9. The molecule has 6 rings (SSSR count). The van der Waals surface area contributed by atoms with Crippen LogP contribution in [0.4, 0.5) is 0 Å². The van der Waals surface area contributed by atoms with Crippen LogP contribution in [0.5, 0.6) is 17.4 Å². The quantitative estimate of drug-likeness (QED) is 0.167. The van der Waals surface area contributed by atoms with E-state index >= 15 is 0 Å². The smallest absolute Gasteiger partial charge is 0.349 e. The third-order valence-corrected chi connectivity index (χ3v) is 9.05. The summed E-state index contributed by atoms with van der Waals surface area (Å²) in [5.74, 6) is 0.676. The van der Waals surface area contributed by atoms with Gasteiger partial charge in [-0.25, -0.2) is 14.7 Å². The summed E-state index contributed by atoms with van der Waals surface area (Å²) in [6.45, 7) is -0.0644. The fraction of sp³-hybridized carbons (Fsp3) is 0.267. The zero-order valence-corrected chi connectivity index (χ0v) is 24.9. The van der Waals surface area contributed by atoms with Crippen LogP contribution in [0.1, 0.15) is 22.9 Å². The number of nitrogens with zero attached hydrogens (tertiary/aromatic N) is 2. The van der Waals surface area contributed by atoms with Crippen molar-refractivity contribution < 1.29 is 38.0 Å². The van der Waals surface area contributed by atoms with Crippen LogP contribution in [0, 0.1) is 0 Å². The molecule has 1 N–H and O–H groups in total. The van der Waals surface area contributed by atoms with Gasteiger partial charge in [0, 0.05) is 6.20 Å². The Kier molecular flexibility index (Phi) is 8.18. The maximum Gasteiger partial charge on any atom is 0.349 e. The first-order valence-electron chi connectivity index (χ1n) is 13.3. The molecule has 3 aromatic carbocycles. The SMILES string of the molecule is COc1ccc(C(OC[C@H]2O[C@@H](n3ccc([O-])nc3=O)[C@@H]3O[P+](O)([S-])O[C@@H]32)(c2ccccc2)c2ccc(OC)cc2)cc1. The van der Waals surface area contributed by atoms with Crippen LogP contribution >= 0.6 is 7.15 Å². The van der Waals surface area contributed by atoms with Crippen molar-refractivity contribution in [1.82, 2.24) is 9.55 Å². The van der Waals surface area contributed by atoms with Crippen LogP contribution in [0.15, 0.2) is 95.9 Å². The van der Waals surface area contributed by atoms with Crippen LogP contribution in [0.2, 0.25) is 0 Å². The van der Waals surface area contributed by atoms with E-state index in [9.17, 15) is 14.8 Å². The highest BCUT2D eigenvalue weighted by Crippen LogP contribution is 2.65. The van der Waals surface area contributed by atoms with E-state index in [4.69, 9.17) is 40.2 Å². The first-order chi connectivity index (χ1) is 20.7. The number of aromatic nitrogens is 2. The Morgan fingerprint density at radius 3 is 2.02 bits per heavy atom. The topological polar surface area (TPSA) is 134 Å². The fourth-order valence-electron chi connectivity index (χ4n) is 5.51. The molecule has 0 saturated carbocycles. The summed E-state index contributed by atoms with van der Waals surface area (Å²) in [6.07, 6.45) is -2.42. The van der Waals surface area contributed by atoms with E-state index in [1.807, 2.05) is 78.9 Å². The van der Waals surface area contributed by atoms with Crippen molar-refractivity contribution in [2.24, 2.45) is 0 Å². The van der Waals surface area contributed by atoms with Gasteiger partial charge in [-0.05, 0) is 52.9 Å². The van der Waals surface area contributed by atoms with E-state index < -0.39 is 48.9 Å². The minimum atomic E-state index is -3.62. The second-order valence-corrected chi connectivity index (χ2v) is 12.7. The number of ether oxygens (including phenoxy) is 4. The van der Waals surface area contributed by atoms with Crippen LogP contribution in [-0.2, 0) is 36.4 Å². The fourth-order valence-corrected chi connectivity index (χ4v) is 7.25. The molecule has 0 spiro atoms. The summed E-state index contributed by atoms with van der Waals surface area (Å²) in [5, 5.41) is 11.6. The average Bonchev–Trinajstić information content (AvgIpc) is 3.51. The van der Waals surface area contributed by atoms with Crippen molar-refractivity contribution in [3.63, 3.8) is 0 Å². The second-order valence-electron chi connectivity index (χ2n) is 9.94. The highest BCUT2D eigenvalue weighted by molar-refractivity contribution is 8.35. The molecule has 4 aromatic rings. The molecule has 1 unspecified atom stereocenters. The first-order valence-corrected chi connectivity index (χ1v) is 15.9. The lowest BCUT2D eigenvalue weighted by molar-refractivity contribution is -0.275. The Bertz CT molecular complexity index is 1570. The Balaban J connectivity index is 1.42. The molecule has 2 aliphatic heterocycles. The molecule has 0 aliphatic carbocycles. The molecular weight excluding hydrogens is 595 g/mol. The number of methoxy groups -OCH3 is 2. The predicted octanol–water partition coefficient (Wildman–Crippen LogP) is 3.24. The van der Waals surface area contributed by atoms with Crippen molar-refractivity contribution >= 4 is 19.4 Å². The number of hydrogen-bond acceptors (Lipinski definition) is 11. The lowest BCUT2D eigenvalue weighted by Crippen LogP contribution is -2.39. The Morgan fingerprint density at radius 2 is 1.47 bits per heavy atom. The summed E-state index contributed by atoms with van der Waals surface area (Å²) in [5.41, 5.74) is 0.461. The summed E-state index contributed by atoms with van der Waals surface area (Å²) in [4.78, 5) is 26.6. The van der Waals surface area contributed by atoms with Gasteiger partial charge in [-0.15, -0.1) is 0 Å². The molecule has 224 valence electrons. The summed E-state index contributed by atoms with van der Waals surface area (Å²) in [7, 11) is -0.427. The van der Waals surface area contributed by atoms with Crippen LogP contribution in [0.25, 0.3) is 0 Å². The third-order valence-electron chi connectivity index (χ3n) is 7.51. The van der Waals surface area contributed by atoms with Gasteiger partial charge < -0.3 is 36.3 Å². The Labute approximate surface area is 253 Å². The van der Waals surface area contributed by atoms with Crippen molar-refractivity contribution in [3.8, 4) is 17.4 Å². The molecule has 3 heterocycles. The molecule has 0 bridgehead atoms. The van der Waals surface area contributed by atoms with E-state index in [0.717, 1.165) is 27.3 Å². The van der Waals surface area contributed by atoms with E-state index in [0.29, 0.717) is 11.5 Å². The number of benzene rings is 3. The normalized spacial score (nSPS) is 24.9. The third kappa shape index (κ3) is 5.63. The van der Waals surface area contributed by atoms with Gasteiger partial charge in [-0.1, -0.05) is 54.6 Å². The van der Waals surface area contributed by atoms with Gasteiger partial charge in [-0.3, -0.25) is 4.57 Å². The first kappa shape index (κ1) is 29.6. The minimum Gasteiger partial charge on any atom is -0.858 e. The van der Waals surface area contributed by atoms with Gasteiger partial charge in [-0.2, -0.15) is 9.05 Å². The molecule has 2 fully saturated rings. The minimum absolute atomic E-state index is 0.0644. The summed E-state index contributed by atoms with van der Waals surface area (Å²) >= 11 is 5.16. The molecule has 43 heavy (non-hydrogen) atoms. The summed E-state index contributed by atoms with van der Waals surface area (Å²) < 4.78 is 36.6. The number of fused-ring (bicyclic) bond motifs is 1. The Morgan fingerprint density at radius 1 is 0.907 bits per heavy atom.